The molecular formula is C32H62N2O3. The van der Waals surface area contributed by atoms with E-state index in [0.29, 0.717) is 18.2 Å². The number of ether oxygens (including phenoxy) is 1. The minimum Gasteiger partial charge on any atom is -0.394 e. The Labute approximate surface area is 230 Å². The molecule has 0 amide bonds. The lowest BCUT2D eigenvalue weighted by Gasteiger charge is -2.24. The van der Waals surface area contributed by atoms with Crippen LogP contribution in [0.25, 0.3) is 6.08 Å². The van der Waals surface area contributed by atoms with Crippen LogP contribution >= 0.6 is 0 Å². The van der Waals surface area contributed by atoms with Crippen LogP contribution in [0.4, 0.5) is 0 Å². The van der Waals surface area contributed by atoms with Crippen LogP contribution in [0, 0.1) is 18.3 Å². The van der Waals surface area contributed by atoms with Gasteiger partial charge >= 0.3 is 0 Å². The summed E-state index contributed by atoms with van der Waals surface area (Å²) in [6, 6.07) is 0. The van der Waals surface area contributed by atoms with Gasteiger partial charge in [-0.3, -0.25) is 0 Å². The van der Waals surface area contributed by atoms with Gasteiger partial charge in [0.15, 0.2) is 5.82 Å². The third-order valence-electron chi connectivity index (χ3n) is 6.06. The molecule has 0 spiro atoms. The summed E-state index contributed by atoms with van der Waals surface area (Å²) in [5.41, 5.74) is 3.28. The third kappa shape index (κ3) is 21.3. The van der Waals surface area contributed by atoms with Crippen molar-refractivity contribution in [3.05, 3.63) is 28.9 Å². The zero-order valence-corrected chi connectivity index (χ0v) is 26.7. The van der Waals surface area contributed by atoms with E-state index in [4.69, 9.17) is 9.84 Å². The molecule has 2 N–H and O–H groups in total. The molecule has 0 aliphatic heterocycles. The normalized spacial score (nSPS) is 13.9. The number of aliphatic hydroxyl groups is 2. The maximum Gasteiger partial charge on any atom is 0.157 e. The van der Waals surface area contributed by atoms with Gasteiger partial charge in [-0.15, -0.1) is 0 Å². The second kappa shape index (κ2) is 19.7. The van der Waals surface area contributed by atoms with Crippen molar-refractivity contribution in [2.75, 3.05) is 6.61 Å². The lowest BCUT2D eigenvalue weighted by molar-refractivity contribution is -0.0244. The van der Waals surface area contributed by atoms with Crippen molar-refractivity contribution in [1.82, 2.24) is 9.97 Å². The summed E-state index contributed by atoms with van der Waals surface area (Å²) in [5.74, 6) is 1.12. The molecule has 0 saturated carbocycles. The molecule has 1 aromatic heterocycles. The van der Waals surface area contributed by atoms with E-state index in [-0.39, 0.29) is 17.1 Å². The standard InChI is InChI=1S/C25H44N2O2.C4H10.C3H8O/c1-10-20(17-29-25(7,8)9)13-11-12-14-22(28)23-26-16-21(19(3)27-23)15-18(2)24(4,5)6;1-3-4-2;1-3(2)4/h15-16,20,22,28H,10-14,17H2,1-9H3;3-4H2,1-2H3;3-4H,1-2H3/b18-15+;;/t20-,22?;;/m1../s1. The summed E-state index contributed by atoms with van der Waals surface area (Å²) in [6.07, 6.45) is 10.9. The van der Waals surface area contributed by atoms with Crippen LogP contribution in [0.5, 0.6) is 0 Å². The highest BCUT2D eigenvalue weighted by atomic mass is 16.5. The van der Waals surface area contributed by atoms with Crippen molar-refractivity contribution in [3.63, 3.8) is 0 Å². The maximum atomic E-state index is 10.5. The van der Waals surface area contributed by atoms with Crippen molar-refractivity contribution >= 4 is 6.08 Å². The van der Waals surface area contributed by atoms with Crippen LogP contribution in [-0.2, 0) is 4.74 Å². The van der Waals surface area contributed by atoms with Gasteiger partial charge in [0.05, 0.1) is 12.2 Å². The monoisotopic (exact) mass is 522 g/mol. The van der Waals surface area contributed by atoms with Gasteiger partial charge in [0, 0.05) is 23.6 Å². The number of rotatable bonds is 11. The lowest BCUT2D eigenvalue weighted by Crippen LogP contribution is -2.23. The SMILES string of the molecule is CC(C)O.CCCC.CC[C@H](CCCCC(O)c1ncc(/C=C(\C)C(C)(C)C)c(C)n1)COC(C)(C)C. The molecule has 2 atom stereocenters. The second-order valence-electron chi connectivity index (χ2n) is 12.4. The number of aromatic nitrogens is 2. The van der Waals surface area contributed by atoms with E-state index in [1.807, 2.05) is 13.1 Å². The molecule has 1 unspecified atom stereocenters. The number of hydrogen-bond donors (Lipinski definition) is 2. The Hall–Kier alpha value is -1.30. The van der Waals surface area contributed by atoms with Gasteiger partial charge in [0.25, 0.3) is 0 Å². The molecule has 218 valence electrons. The Bertz CT molecular complexity index is 726. The molecule has 1 aromatic rings. The van der Waals surface area contributed by atoms with E-state index in [1.54, 1.807) is 13.8 Å². The van der Waals surface area contributed by atoms with Gasteiger partial charge in [-0.05, 0) is 72.6 Å². The number of aliphatic hydroxyl groups excluding tert-OH is 2. The zero-order valence-electron chi connectivity index (χ0n) is 26.7. The van der Waals surface area contributed by atoms with Crippen molar-refractivity contribution in [1.29, 1.82) is 0 Å². The van der Waals surface area contributed by atoms with Crippen molar-refractivity contribution in [3.8, 4) is 0 Å². The summed E-state index contributed by atoms with van der Waals surface area (Å²) < 4.78 is 5.93. The molecule has 5 nitrogen and oxygen atoms in total. The highest BCUT2D eigenvalue weighted by Gasteiger charge is 2.17. The van der Waals surface area contributed by atoms with E-state index in [1.165, 1.54) is 18.4 Å². The minimum absolute atomic E-state index is 0.0778. The summed E-state index contributed by atoms with van der Waals surface area (Å²) in [7, 11) is 0. The molecule has 1 rings (SSSR count). The lowest BCUT2D eigenvalue weighted by atomic mass is 9.86. The fourth-order valence-corrected chi connectivity index (χ4v) is 2.92. The van der Waals surface area contributed by atoms with Crippen LogP contribution in [0.3, 0.4) is 0 Å². The largest absolute Gasteiger partial charge is 0.394 e. The first kappa shape index (κ1) is 37.9. The highest BCUT2D eigenvalue weighted by Crippen LogP contribution is 2.27. The Morgan fingerprint density at radius 3 is 1.89 bits per heavy atom. The molecule has 0 fully saturated rings. The molecule has 0 bridgehead atoms. The molecule has 0 aliphatic carbocycles. The molecule has 1 heterocycles. The van der Waals surface area contributed by atoms with Crippen LogP contribution in [-0.4, -0.2) is 38.5 Å². The van der Waals surface area contributed by atoms with Crippen LogP contribution in [0.1, 0.15) is 151 Å². The molecule has 5 heteroatoms. The number of nitrogens with zero attached hydrogens (tertiary/aromatic N) is 2. The maximum absolute atomic E-state index is 10.5. The van der Waals surface area contributed by atoms with Gasteiger partial charge in [-0.1, -0.05) is 85.3 Å². The predicted octanol–water partition coefficient (Wildman–Crippen LogP) is 8.86. The topological polar surface area (TPSA) is 75.5 Å². The first-order chi connectivity index (χ1) is 17.0. The van der Waals surface area contributed by atoms with Gasteiger partial charge in [-0.2, -0.15) is 0 Å². The van der Waals surface area contributed by atoms with E-state index >= 15 is 0 Å². The molecule has 37 heavy (non-hydrogen) atoms. The first-order valence-electron chi connectivity index (χ1n) is 14.5. The van der Waals surface area contributed by atoms with Crippen molar-refractivity contribution < 1.29 is 14.9 Å². The third-order valence-corrected chi connectivity index (χ3v) is 6.06. The molecule has 0 aromatic carbocycles. The Kier molecular flexibility index (Phi) is 20.2. The minimum atomic E-state index is -0.596. The van der Waals surface area contributed by atoms with E-state index in [9.17, 15) is 5.11 Å². The van der Waals surface area contributed by atoms with Gasteiger partial charge in [0.1, 0.15) is 6.10 Å². The Morgan fingerprint density at radius 1 is 0.973 bits per heavy atom. The van der Waals surface area contributed by atoms with Crippen LogP contribution in [0.2, 0.25) is 0 Å². The highest BCUT2D eigenvalue weighted by molar-refractivity contribution is 5.54. The van der Waals surface area contributed by atoms with Crippen LogP contribution in [0.15, 0.2) is 11.8 Å². The van der Waals surface area contributed by atoms with Gasteiger partial charge < -0.3 is 14.9 Å². The predicted molar refractivity (Wildman–Crippen MR) is 161 cm³/mol. The van der Waals surface area contributed by atoms with Crippen molar-refractivity contribution in [2.45, 2.75) is 153 Å². The van der Waals surface area contributed by atoms with Gasteiger partial charge in [-0.25, -0.2) is 9.97 Å². The Balaban J connectivity index is 0. The molecule has 0 aliphatic rings. The van der Waals surface area contributed by atoms with E-state index < -0.39 is 6.10 Å². The first-order valence-corrected chi connectivity index (χ1v) is 14.5. The Morgan fingerprint density at radius 2 is 1.49 bits per heavy atom. The van der Waals surface area contributed by atoms with Crippen molar-refractivity contribution in [2.24, 2.45) is 11.3 Å². The average molecular weight is 523 g/mol. The summed E-state index contributed by atoms with van der Waals surface area (Å²) in [5, 5.41) is 18.6. The number of unbranched alkanes of at least 4 members (excludes halogenated alkanes) is 2. The quantitative estimate of drug-likeness (QED) is 0.284. The molecule has 0 radical (unpaired) electrons. The zero-order chi connectivity index (χ0) is 29.2. The molecule has 0 saturated heterocycles. The number of aryl methyl sites for hydroxylation is 1. The number of hydrogen-bond acceptors (Lipinski definition) is 5. The summed E-state index contributed by atoms with van der Waals surface area (Å²) in [4.78, 5) is 9.00. The fraction of sp³-hybridized carbons (Fsp3) is 0.812. The van der Waals surface area contributed by atoms with Gasteiger partial charge in [0.2, 0.25) is 0 Å². The van der Waals surface area contributed by atoms with E-state index in [0.717, 1.165) is 43.5 Å². The summed E-state index contributed by atoms with van der Waals surface area (Å²) in [6.45, 7) is 27.9. The fourth-order valence-electron chi connectivity index (χ4n) is 2.92. The average Bonchev–Trinajstić information content (AvgIpc) is 2.78. The second-order valence-corrected chi connectivity index (χ2v) is 12.4. The number of allylic oxidation sites excluding steroid dienone is 1. The van der Waals surface area contributed by atoms with Crippen LogP contribution < -0.4 is 0 Å². The molecular weight excluding hydrogens is 460 g/mol. The van der Waals surface area contributed by atoms with E-state index in [2.05, 4.69) is 85.3 Å². The smallest absolute Gasteiger partial charge is 0.157 e. The summed E-state index contributed by atoms with van der Waals surface area (Å²) >= 11 is 0.